The molecular weight excluding hydrogens is 252 g/mol. The van der Waals surface area contributed by atoms with E-state index in [2.05, 4.69) is 24.3 Å². The van der Waals surface area contributed by atoms with Crippen LogP contribution in [0.3, 0.4) is 0 Å². The number of nitrogens with zero attached hydrogens (tertiary/aromatic N) is 2. The minimum atomic E-state index is -0.0291. The van der Waals surface area contributed by atoms with Crippen molar-refractivity contribution in [1.82, 2.24) is 9.88 Å². The first kappa shape index (κ1) is 13.1. The van der Waals surface area contributed by atoms with Crippen LogP contribution in [0.5, 0.6) is 0 Å². The van der Waals surface area contributed by atoms with E-state index in [-0.39, 0.29) is 11.3 Å². The topological polar surface area (TPSA) is 71.2 Å². The molecular formula is C12H17ClN4O. The normalized spacial score (nSPS) is 17.9. The second-order valence-corrected chi connectivity index (χ2v) is 5.75. The maximum Gasteiger partial charge on any atom is 0.255 e. The Kier molecular flexibility index (Phi) is 3.45. The lowest BCUT2D eigenvalue weighted by atomic mass is 9.93. The second kappa shape index (κ2) is 4.74. The van der Waals surface area contributed by atoms with E-state index < -0.39 is 0 Å². The molecule has 1 amide bonds. The first-order valence-corrected chi connectivity index (χ1v) is 6.22. The highest BCUT2D eigenvalue weighted by Crippen LogP contribution is 2.30. The van der Waals surface area contributed by atoms with Crippen molar-refractivity contribution in [3.05, 3.63) is 22.8 Å². The van der Waals surface area contributed by atoms with Crippen molar-refractivity contribution in [1.29, 1.82) is 0 Å². The van der Waals surface area contributed by atoms with E-state index >= 15 is 0 Å². The zero-order chi connectivity index (χ0) is 13.3. The van der Waals surface area contributed by atoms with Gasteiger partial charge in [0, 0.05) is 19.3 Å². The number of carbonyl (C=O) groups excluding carboxylic acids is 1. The van der Waals surface area contributed by atoms with Crippen LogP contribution in [0.15, 0.2) is 12.3 Å². The summed E-state index contributed by atoms with van der Waals surface area (Å²) in [5.41, 5.74) is 3.06. The van der Waals surface area contributed by atoms with Gasteiger partial charge in [-0.25, -0.2) is 10.8 Å². The van der Waals surface area contributed by atoms with Crippen molar-refractivity contribution >= 4 is 23.3 Å². The van der Waals surface area contributed by atoms with E-state index in [0.29, 0.717) is 16.4 Å². The highest BCUT2D eigenvalue weighted by molar-refractivity contribution is 6.33. The summed E-state index contributed by atoms with van der Waals surface area (Å²) in [6.07, 6.45) is 2.51. The van der Waals surface area contributed by atoms with Crippen molar-refractivity contribution in [2.75, 3.05) is 18.5 Å². The molecule has 1 aliphatic rings. The summed E-state index contributed by atoms with van der Waals surface area (Å²) >= 11 is 5.96. The van der Waals surface area contributed by atoms with Crippen molar-refractivity contribution in [2.24, 2.45) is 11.3 Å². The van der Waals surface area contributed by atoms with E-state index in [1.54, 1.807) is 6.07 Å². The number of aromatic nitrogens is 1. The third-order valence-corrected chi connectivity index (χ3v) is 3.48. The van der Waals surface area contributed by atoms with Crippen molar-refractivity contribution in [3.63, 3.8) is 0 Å². The zero-order valence-electron chi connectivity index (χ0n) is 10.5. The average molecular weight is 269 g/mol. The van der Waals surface area contributed by atoms with Gasteiger partial charge in [0.15, 0.2) is 5.82 Å². The Morgan fingerprint density at radius 1 is 1.61 bits per heavy atom. The minimum absolute atomic E-state index is 0.0291. The Bertz CT molecular complexity index is 475. The Morgan fingerprint density at radius 2 is 2.33 bits per heavy atom. The van der Waals surface area contributed by atoms with E-state index in [0.717, 1.165) is 19.5 Å². The highest BCUT2D eigenvalue weighted by atomic mass is 35.5. The lowest BCUT2D eigenvalue weighted by Gasteiger charge is -2.20. The first-order valence-electron chi connectivity index (χ1n) is 5.84. The summed E-state index contributed by atoms with van der Waals surface area (Å²) in [4.78, 5) is 18.1. The lowest BCUT2D eigenvalue weighted by molar-refractivity contribution is 0.0778. The maximum absolute atomic E-state index is 12.3. The number of halogens is 1. The van der Waals surface area contributed by atoms with Crippen LogP contribution >= 0.6 is 11.6 Å². The molecule has 98 valence electrons. The molecule has 1 saturated heterocycles. The van der Waals surface area contributed by atoms with E-state index in [9.17, 15) is 4.79 Å². The zero-order valence-corrected chi connectivity index (χ0v) is 11.3. The Hall–Kier alpha value is -1.33. The largest absolute Gasteiger partial charge is 0.338 e. The number of rotatable bonds is 2. The van der Waals surface area contributed by atoms with Crippen LogP contribution in [0.25, 0.3) is 0 Å². The van der Waals surface area contributed by atoms with Gasteiger partial charge in [-0.2, -0.15) is 0 Å². The van der Waals surface area contributed by atoms with Crippen LogP contribution in [-0.2, 0) is 0 Å². The number of carbonyl (C=O) groups is 1. The summed E-state index contributed by atoms with van der Waals surface area (Å²) in [5, 5.41) is 0.349. The summed E-state index contributed by atoms with van der Waals surface area (Å²) in [7, 11) is 0. The van der Waals surface area contributed by atoms with Crippen molar-refractivity contribution in [2.45, 2.75) is 20.3 Å². The van der Waals surface area contributed by atoms with E-state index in [1.807, 2.05) is 4.90 Å². The summed E-state index contributed by atoms with van der Waals surface area (Å²) in [6, 6.07) is 1.59. The third-order valence-electron chi connectivity index (χ3n) is 3.19. The van der Waals surface area contributed by atoms with Gasteiger partial charge in [0.25, 0.3) is 5.91 Å². The van der Waals surface area contributed by atoms with Gasteiger partial charge in [0.1, 0.15) is 0 Å². The number of anilines is 1. The van der Waals surface area contributed by atoms with Gasteiger partial charge in [-0.05, 0) is 17.9 Å². The molecule has 0 aromatic carbocycles. The van der Waals surface area contributed by atoms with Gasteiger partial charge in [0.05, 0.1) is 10.6 Å². The van der Waals surface area contributed by atoms with Gasteiger partial charge >= 0.3 is 0 Å². The molecule has 6 heteroatoms. The molecule has 0 bridgehead atoms. The second-order valence-electron chi connectivity index (χ2n) is 5.34. The first-order chi connectivity index (χ1) is 8.43. The third kappa shape index (κ3) is 2.57. The predicted molar refractivity (Wildman–Crippen MR) is 71.4 cm³/mol. The van der Waals surface area contributed by atoms with E-state index in [4.69, 9.17) is 17.4 Å². The molecule has 0 radical (unpaired) electrons. The molecule has 0 aliphatic carbocycles. The van der Waals surface area contributed by atoms with Gasteiger partial charge < -0.3 is 10.3 Å². The van der Waals surface area contributed by atoms with Crippen LogP contribution in [0.1, 0.15) is 30.6 Å². The Labute approximate surface area is 111 Å². The number of hydrogen-bond acceptors (Lipinski definition) is 4. The van der Waals surface area contributed by atoms with Crippen LogP contribution in [0, 0.1) is 5.41 Å². The number of nitrogens with one attached hydrogen (secondary N) is 1. The van der Waals surface area contributed by atoms with Gasteiger partial charge in [-0.1, -0.05) is 25.4 Å². The SMILES string of the molecule is CC1(C)CCN(C(=O)c2cnc(NN)c(Cl)c2)C1. The molecule has 0 atom stereocenters. The molecule has 1 fully saturated rings. The van der Waals surface area contributed by atoms with Crippen molar-refractivity contribution < 1.29 is 4.79 Å². The number of likely N-dealkylation sites (tertiary alicyclic amines) is 1. The Balaban J connectivity index is 2.17. The van der Waals surface area contributed by atoms with Gasteiger partial charge in [-0.15, -0.1) is 0 Å². The lowest BCUT2D eigenvalue weighted by Crippen LogP contribution is -2.30. The van der Waals surface area contributed by atoms with Gasteiger partial charge in [0.2, 0.25) is 0 Å². The van der Waals surface area contributed by atoms with Gasteiger partial charge in [-0.3, -0.25) is 4.79 Å². The number of nitrogen functional groups attached to an aromatic ring is 1. The molecule has 2 heterocycles. The smallest absolute Gasteiger partial charge is 0.255 e. The fourth-order valence-corrected chi connectivity index (χ4v) is 2.35. The molecule has 3 N–H and O–H groups in total. The van der Waals surface area contributed by atoms with Crippen LogP contribution < -0.4 is 11.3 Å². The van der Waals surface area contributed by atoms with E-state index in [1.165, 1.54) is 6.20 Å². The molecule has 1 aliphatic heterocycles. The molecule has 0 saturated carbocycles. The average Bonchev–Trinajstić information content (AvgIpc) is 2.68. The molecule has 5 nitrogen and oxygen atoms in total. The number of hydrogen-bond donors (Lipinski definition) is 2. The number of nitrogens with two attached hydrogens (primary N) is 1. The monoisotopic (exact) mass is 268 g/mol. The highest BCUT2D eigenvalue weighted by Gasteiger charge is 2.32. The molecule has 18 heavy (non-hydrogen) atoms. The fraction of sp³-hybridized carbons (Fsp3) is 0.500. The van der Waals surface area contributed by atoms with Crippen LogP contribution in [-0.4, -0.2) is 28.9 Å². The summed E-state index contributed by atoms with van der Waals surface area (Å²) in [6.45, 7) is 5.86. The molecule has 0 spiro atoms. The molecule has 1 aromatic heterocycles. The molecule has 2 rings (SSSR count). The number of pyridine rings is 1. The molecule has 0 unspecified atom stereocenters. The standard InChI is InChI=1S/C12H17ClN4O/c1-12(2)3-4-17(7-12)11(18)8-5-9(13)10(16-14)15-6-8/h5-6H,3-4,7,14H2,1-2H3,(H,15,16). The summed E-state index contributed by atoms with van der Waals surface area (Å²) < 4.78 is 0. The number of hydrazine groups is 1. The fourth-order valence-electron chi connectivity index (χ4n) is 2.13. The van der Waals surface area contributed by atoms with Crippen LogP contribution in [0.2, 0.25) is 5.02 Å². The molecule has 1 aromatic rings. The minimum Gasteiger partial charge on any atom is -0.338 e. The number of amides is 1. The summed E-state index contributed by atoms with van der Waals surface area (Å²) in [5.74, 6) is 5.58. The van der Waals surface area contributed by atoms with Crippen molar-refractivity contribution in [3.8, 4) is 0 Å². The van der Waals surface area contributed by atoms with Crippen LogP contribution in [0.4, 0.5) is 5.82 Å². The maximum atomic E-state index is 12.3. The predicted octanol–water partition coefficient (Wildman–Crippen LogP) is 1.89. The Morgan fingerprint density at radius 3 is 2.83 bits per heavy atom. The quantitative estimate of drug-likeness (QED) is 0.635.